The molecule has 0 unspecified atom stereocenters. The predicted molar refractivity (Wildman–Crippen MR) is 199 cm³/mol. The Kier molecular flexibility index (Phi) is 10.4. The van der Waals surface area contributed by atoms with E-state index in [1.165, 1.54) is 6.92 Å². The predicted octanol–water partition coefficient (Wildman–Crippen LogP) is 7.59. The van der Waals surface area contributed by atoms with E-state index in [0.717, 1.165) is 72.7 Å². The summed E-state index contributed by atoms with van der Waals surface area (Å²) in [4.78, 5) is 56.3. The van der Waals surface area contributed by atoms with Crippen LogP contribution in [0.15, 0.2) is 66.6 Å². The van der Waals surface area contributed by atoms with Crippen LogP contribution in [0.3, 0.4) is 0 Å². The Labute approximate surface area is 301 Å². The summed E-state index contributed by atoms with van der Waals surface area (Å²) in [6, 6.07) is 7.11. The van der Waals surface area contributed by atoms with Crippen LogP contribution in [-0.4, -0.2) is 59.3 Å². The fourth-order valence-electron chi connectivity index (χ4n) is 7.30. The minimum Gasteiger partial charge on any atom is -0.325 e. The lowest BCUT2D eigenvalue weighted by Gasteiger charge is -2.27. The Morgan fingerprint density at radius 3 is 2.50 bits per heavy atom. The lowest BCUT2D eigenvalue weighted by atomic mass is 9.96. The van der Waals surface area contributed by atoms with E-state index in [4.69, 9.17) is 5.10 Å². The van der Waals surface area contributed by atoms with Crippen molar-refractivity contribution in [2.24, 2.45) is 5.41 Å². The number of unbranched alkanes of at least 4 members (excludes halogenated alkanes) is 4. The standard InChI is InChI=1S/C39H44BrN7O3/c1-6-8-9-10-11-12-14-27-17-28(29-21-41-25(4)42-22-29)18-30-35(24(3)48)45-46(36(27)30)23-34(49)47-31(19-39(5)20-32(39)47)38(50)44-37-26(13-7-2)15-16-33(40)43-37/h6-7,15-18,21-22,31-32H,1-2,8-14,19-20,23H2,3-5H3,(H,43,44,50)/t31-,32+,39-/m0/s1. The highest BCUT2D eigenvalue weighted by atomic mass is 79.9. The number of hydrogen-bond acceptors (Lipinski definition) is 7. The highest BCUT2D eigenvalue weighted by Crippen LogP contribution is 2.59. The second-order valence-electron chi connectivity index (χ2n) is 13.9. The molecule has 260 valence electrons. The molecule has 1 N–H and O–H groups in total. The molecule has 3 atom stereocenters. The van der Waals surface area contributed by atoms with Gasteiger partial charge in [0.2, 0.25) is 11.8 Å². The van der Waals surface area contributed by atoms with E-state index in [2.05, 4.69) is 62.3 Å². The molecule has 0 bridgehead atoms. The van der Waals surface area contributed by atoms with Crippen LogP contribution in [0, 0.1) is 12.3 Å². The Morgan fingerprint density at radius 1 is 1.02 bits per heavy atom. The van der Waals surface area contributed by atoms with Crippen molar-refractivity contribution in [3.8, 4) is 11.1 Å². The molecule has 1 saturated carbocycles. The summed E-state index contributed by atoms with van der Waals surface area (Å²) >= 11 is 3.41. The summed E-state index contributed by atoms with van der Waals surface area (Å²) in [5.74, 6) is 0.487. The van der Waals surface area contributed by atoms with Gasteiger partial charge in [-0.1, -0.05) is 38.0 Å². The van der Waals surface area contributed by atoms with Gasteiger partial charge in [-0.05, 0) is 108 Å². The Hall–Kier alpha value is -4.51. The smallest absolute Gasteiger partial charge is 0.248 e. The number of hydrogen-bond donors (Lipinski definition) is 1. The van der Waals surface area contributed by atoms with Crippen molar-refractivity contribution in [1.82, 2.24) is 29.6 Å². The number of pyridine rings is 1. The van der Waals surface area contributed by atoms with Gasteiger partial charge >= 0.3 is 0 Å². The third kappa shape index (κ3) is 7.33. The van der Waals surface area contributed by atoms with E-state index in [9.17, 15) is 14.4 Å². The Balaban J connectivity index is 1.33. The molecule has 50 heavy (non-hydrogen) atoms. The molecule has 1 saturated heterocycles. The number of rotatable bonds is 15. The number of nitrogens with zero attached hydrogens (tertiary/aromatic N) is 6. The molecule has 3 aromatic heterocycles. The molecule has 2 aliphatic rings. The van der Waals surface area contributed by atoms with Crippen molar-refractivity contribution in [3.05, 3.63) is 89.2 Å². The average molecular weight is 739 g/mol. The number of anilines is 1. The molecule has 2 amide bonds. The molecule has 6 rings (SSSR count). The van der Waals surface area contributed by atoms with Gasteiger partial charge in [0, 0.05) is 36.3 Å². The Morgan fingerprint density at radius 2 is 1.78 bits per heavy atom. The first kappa shape index (κ1) is 35.3. The first-order chi connectivity index (χ1) is 24.0. The van der Waals surface area contributed by atoms with Gasteiger partial charge in [-0.15, -0.1) is 13.2 Å². The molecule has 1 aliphatic carbocycles. The lowest BCUT2D eigenvalue weighted by molar-refractivity contribution is -0.138. The maximum atomic E-state index is 14.3. The number of allylic oxidation sites excluding steroid dienone is 2. The molecule has 4 aromatic rings. The first-order valence-electron chi connectivity index (χ1n) is 17.4. The van der Waals surface area contributed by atoms with Crippen molar-refractivity contribution in [1.29, 1.82) is 0 Å². The van der Waals surface area contributed by atoms with E-state index in [-0.39, 0.29) is 35.6 Å². The Bertz CT molecular complexity index is 1970. The molecule has 0 spiro atoms. The number of Topliss-reactive ketones (excluding diaryl/α,β-unsaturated/α-hetero) is 1. The normalized spacial score (nSPS) is 19.3. The quantitative estimate of drug-likeness (QED) is 0.0577. The van der Waals surface area contributed by atoms with Crippen LogP contribution < -0.4 is 5.32 Å². The van der Waals surface area contributed by atoms with Gasteiger partial charge < -0.3 is 10.2 Å². The van der Waals surface area contributed by atoms with Crippen LogP contribution in [0.25, 0.3) is 22.0 Å². The van der Waals surface area contributed by atoms with Gasteiger partial charge in [0.1, 0.15) is 34.5 Å². The maximum Gasteiger partial charge on any atom is 0.248 e. The number of likely N-dealkylation sites (tertiary alicyclic amines) is 1. The molecule has 0 radical (unpaired) electrons. The number of nitrogens with one attached hydrogen (secondary N) is 1. The zero-order chi connectivity index (χ0) is 35.6. The zero-order valence-electron chi connectivity index (χ0n) is 29.0. The number of aromatic nitrogens is 5. The van der Waals surface area contributed by atoms with Gasteiger partial charge in [-0.3, -0.25) is 19.1 Å². The van der Waals surface area contributed by atoms with Gasteiger partial charge in [0.15, 0.2) is 5.78 Å². The average Bonchev–Trinajstić information content (AvgIpc) is 3.44. The highest BCUT2D eigenvalue weighted by molar-refractivity contribution is 9.10. The largest absolute Gasteiger partial charge is 0.325 e. The van der Waals surface area contributed by atoms with E-state index >= 15 is 0 Å². The molecule has 10 nitrogen and oxygen atoms in total. The van der Waals surface area contributed by atoms with Crippen molar-refractivity contribution in [2.45, 2.75) is 97.2 Å². The van der Waals surface area contributed by atoms with Gasteiger partial charge in [-0.25, -0.2) is 15.0 Å². The summed E-state index contributed by atoms with van der Waals surface area (Å²) in [5.41, 5.74) is 4.57. The van der Waals surface area contributed by atoms with Crippen LogP contribution in [0.2, 0.25) is 0 Å². The lowest BCUT2D eigenvalue weighted by Crippen LogP contribution is -2.47. The number of piperidine rings is 1. The highest BCUT2D eigenvalue weighted by Gasteiger charge is 2.64. The molecule has 1 aromatic carbocycles. The molecular weight excluding hydrogens is 694 g/mol. The van der Waals surface area contributed by atoms with E-state index < -0.39 is 6.04 Å². The number of fused-ring (bicyclic) bond motifs is 2. The SMILES string of the molecule is C=CCCCCCCc1cc(-c2cnc(C)nc2)cc2c(C(C)=O)nn(CC(=O)N3[C@H](C(=O)Nc4nc(Br)ccc4CC=C)C[C@@]4(C)C[C@@H]34)c12. The van der Waals surface area contributed by atoms with Crippen molar-refractivity contribution < 1.29 is 14.4 Å². The summed E-state index contributed by atoms with van der Waals surface area (Å²) in [5, 5.41) is 8.47. The van der Waals surface area contributed by atoms with Crippen molar-refractivity contribution in [3.63, 3.8) is 0 Å². The van der Waals surface area contributed by atoms with Crippen LogP contribution in [0.5, 0.6) is 0 Å². The number of carbonyl (C=O) groups excluding carboxylic acids is 3. The molecular formula is C39H44BrN7O3. The molecule has 1 aliphatic heterocycles. The fraction of sp³-hybridized carbons (Fsp3) is 0.410. The van der Waals surface area contributed by atoms with Crippen molar-refractivity contribution in [2.75, 3.05) is 5.32 Å². The van der Waals surface area contributed by atoms with Gasteiger partial charge in [-0.2, -0.15) is 5.10 Å². The van der Waals surface area contributed by atoms with E-state index in [0.29, 0.717) is 40.2 Å². The monoisotopic (exact) mass is 737 g/mol. The summed E-state index contributed by atoms with van der Waals surface area (Å²) < 4.78 is 2.29. The second kappa shape index (κ2) is 14.8. The van der Waals surface area contributed by atoms with Crippen LogP contribution in [0.4, 0.5) is 5.82 Å². The topological polar surface area (TPSA) is 123 Å². The van der Waals surface area contributed by atoms with Crippen LogP contribution >= 0.6 is 15.9 Å². The van der Waals surface area contributed by atoms with Crippen LogP contribution in [-0.2, 0) is 29.0 Å². The number of amides is 2. The first-order valence-corrected chi connectivity index (χ1v) is 18.1. The van der Waals surface area contributed by atoms with Crippen molar-refractivity contribution >= 4 is 50.2 Å². The molecule has 2 fully saturated rings. The van der Waals surface area contributed by atoms with E-state index in [1.54, 1.807) is 28.1 Å². The second-order valence-corrected chi connectivity index (χ2v) is 14.7. The third-order valence-corrected chi connectivity index (χ3v) is 10.5. The fourth-order valence-corrected chi connectivity index (χ4v) is 7.61. The van der Waals surface area contributed by atoms with Crippen LogP contribution in [0.1, 0.15) is 86.2 Å². The summed E-state index contributed by atoms with van der Waals surface area (Å²) in [6.07, 6.45) is 15.2. The minimum absolute atomic E-state index is 0.0360. The number of benzene rings is 1. The third-order valence-electron chi connectivity index (χ3n) is 10.0. The minimum atomic E-state index is -0.652. The molecule has 4 heterocycles. The maximum absolute atomic E-state index is 14.3. The number of halogens is 1. The molecule has 11 heteroatoms. The number of ketones is 1. The zero-order valence-corrected chi connectivity index (χ0v) is 30.6. The number of carbonyl (C=O) groups is 3. The summed E-state index contributed by atoms with van der Waals surface area (Å²) in [7, 11) is 0. The summed E-state index contributed by atoms with van der Waals surface area (Å²) in [6.45, 7) is 13.0. The van der Waals surface area contributed by atoms with Gasteiger partial charge in [0.05, 0.1) is 5.52 Å². The number of aryl methyl sites for hydroxylation is 2. The van der Waals surface area contributed by atoms with Gasteiger partial charge in [0.25, 0.3) is 0 Å². The van der Waals surface area contributed by atoms with E-state index in [1.807, 2.05) is 31.2 Å².